The number of carbonyl (C=O) groups excluding carboxylic acids is 2. The summed E-state index contributed by atoms with van der Waals surface area (Å²) in [6.45, 7) is 16.9. The fourth-order valence-corrected chi connectivity index (χ4v) is 5.16. The highest BCUT2D eigenvalue weighted by atomic mass is 35.5. The third kappa shape index (κ3) is 6.56. The average Bonchev–Trinajstić information content (AvgIpc) is 2.70. The number of aliphatic carboxylic acids is 1. The molecule has 6 heteroatoms. The van der Waals surface area contributed by atoms with Crippen LogP contribution in [0, 0.1) is 11.3 Å². The van der Waals surface area contributed by atoms with Crippen molar-refractivity contribution in [1.82, 2.24) is 10.2 Å². The van der Waals surface area contributed by atoms with Gasteiger partial charge in [-0.25, -0.2) is 4.79 Å². The standard InChI is InChI=1S/C28H43ClN2O3/c1-9-14-27(7,16-13-24(32)33)31-18-22(19(2)3)28(8,30-25(31)34)21-11-10-20(23(29)17-21)12-15-26(4,5)6/h10-11,17-19H,9,12-16H2,1-8H3,(H,30,34)(H,32,33)/p-1/t27?,28-/m0/s1. The number of nitrogens with zero attached hydrogens (tertiary/aromatic N) is 1. The summed E-state index contributed by atoms with van der Waals surface area (Å²) in [5, 5.41) is 15.1. The van der Waals surface area contributed by atoms with Gasteiger partial charge in [-0.2, -0.15) is 0 Å². The van der Waals surface area contributed by atoms with Crippen molar-refractivity contribution in [2.45, 2.75) is 105 Å². The zero-order chi connectivity index (χ0) is 25.9. The van der Waals surface area contributed by atoms with E-state index in [-0.39, 0.29) is 23.8 Å². The lowest BCUT2D eigenvalue weighted by atomic mass is 9.77. The molecule has 2 atom stereocenters. The molecule has 2 amide bonds. The van der Waals surface area contributed by atoms with E-state index in [1.54, 1.807) is 4.90 Å². The van der Waals surface area contributed by atoms with Crippen LogP contribution in [0.4, 0.5) is 4.79 Å². The van der Waals surface area contributed by atoms with Crippen molar-refractivity contribution >= 4 is 23.6 Å². The van der Waals surface area contributed by atoms with Crippen molar-refractivity contribution in [1.29, 1.82) is 0 Å². The first kappa shape index (κ1) is 28.2. The van der Waals surface area contributed by atoms with Gasteiger partial charge in [0.2, 0.25) is 0 Å². The van der Waals surface area contributed by atoms with Gasteiger partial charge in [0.05, 0.1) is 5.54 Å². The number of halogens is 1. The van der Waals surface area contributed by atoms with E-state index >= 15 is 0 Å². The summed E-state index contributed by atoms with van der Waals surface area (Å²) >= 11 is 6.71. The maximum atomic E-state index is 13.5. The molecule has 1 heterocycles. The number of benzene rings is 1. The molecule has 5 nitrogen and oxygen atoms in total. The van der Waals surface area contributed by atoms with E-state index in [0.717, 1.165) is 36.0 Å². The maximum absolute atomic E-state index is 13.5. The molecule has 1 aliphatic rings. The molecule has 190 valence electrons. The van der Waals surface area contributed by atoms with Gasteiger partial charge in [0.25, 0.3) is 0 Å². The minimum Gasteiger partial charge on any atom is -0.550 e. The summed E-state index contributed by atoms with van der Waals surface area (Å²) in [6, 6.07) is 5.89. The summed E-state index contributed by atoms with van der Waals surface area (Å²) in [7, 11) is 0. The zero-order valence-corrected chi connectivity index (χ0v) is 22.9. The van der Waals surface area contributed by atoms with Crippen LogP contribution in [0.2, 0.25) is 5.02 Å². The number of urea groups is 1. The van der Waals surface area contributed by atoms with E-state index in [1.165, 1.54) is 0 Å². The predicted molar refractivity (Wildman–Crippen MR) is 137 cm³/mol. The second kappa shape index (κ2) is 10.7. The highest BCUT2D eigenvalue weighted by Crippen LogP contribution is 2.41. The first-order valence-corrected chi connectivity index (χ1v) is 12.8. The number of amides is 2. The van der Waals surface area contributed by atoms with Gasteiger partial charge in [0.1, 0.15) is 0 Å². The molecule has 1 aliphatic heterocycles. The number of carboxylic acids is 1. The van der Waals surface area contributed by atoms with Gasteiger partial charge in [-0.05, 0) is 80.1 Å². The van der Waals surface area contributed by atoms with E-state index in [4.69, 9.17) is 11.6 Å². The van der Waals surface area contributed by atoms with Crippen LogP contribution in [0.15, 0.2) is 30.0 Å². The molecule has 1 unspecified atom stereocenters. The van der Waals surface area contributed by atoms with Crippen LogP contribution in [0.25, 0.3) is 0 Å². The van der Waals surface area contributed by atoms with Crippen LogP contribution < -0.4 is 10.4 Å². The first-order valence-electron chi connectivity index (χ1n) is 12.5. The second-order valence-electron chi connectivity index (χ2n) is 11.7. The molecule has 0 spiro atoms. The van der Waals surface area contributed by atoms with E-state index in [0.29, 0.717) is 17.9 Å². The van der Waals surface area contributed by atoms with E-state index in [1.807, 2.05) is 33.0 Å². The lowest BCUT2D eigenvalue weighted by Gasteiger charge is -2.48. The van der Waals surface area contributed by atoms with Crippen molar-refractivity contribution < 1.29 is 14.7 Å². The first-order chi connectivity index (χ1) is 15.6. The Hall–Kier alpha value is -2.01. The van der Waals surface area contributed by atoms with Gasteiger partial charge in [0, 0.05) is 22.7 Å². The Labute approximate surface area is 210 Å². The van der Waals surface area contributed by atoms with E-state index in [2.05, 4.69) is 52.1 Å². The molecule has 0 bridgehead atoms. The van der Waals surface area contributed by atoms with Crippen molar-refractivity contribution in [3.63, 3.8) is 0 Å². The van der Waals surface area contributed by atoms with Gasteiger partial charge in [-0.3, -0.25) is 4.90 Å². The number of hydrogen-bond donors (Lipinski definition) is 1. The minimum atomic E-state index is -1.10. The topological polar surface area (TPSA) is 72.5 Å². The van der Waals surface area contributed by atoms with Crippen molar-refractivity contribution in [2.24, 2.45) is 11.3 Å². The molecule has 0 aromatic heterocycles. The molecule has 2 rings (SSSR count). The molecule has 34 heavy (non-hydrogen) atoms. The molecule has 1 aromatic rings. The monoisotopic (exact) mass is 489 g/mol. The van der Waals surface area contributed by atoms with Crippen LogP contribution in [0.1, 0.15) is 98.6 Å². The fraction of sp³-hybridized carbons (Fsp3) is 0.643. The van der Waals surface area contributed by atoms with Crippen LogP contribution >= 0.6 is 11.6 Å². The molecule has 0 saturated carbocycles. The summed E-state index contributed by atoms with van der Waals surface area (Å²) in [6.07, 6.45) is 5.66. The highest BCUT2D eigenvalue weighted by molar-refractivity contribution is 6.31. The molecule has 0 fully saturated rings. The lowest BCUT2D eigenvalue weighted by Crippen LogP contribution is -2.60. The number of hydrogen-bond acceptors (Lipinski definition) is 3. The Morgan fingerprint density at radius 2 is 1.82 bits per heavy atom. The van der Waals surface area contributed by atoms with Gasteiger partial charge in [-0.15, -0.1) is 0 Å². The summed E-state index contributed by atoms with van der Waals surface area (Å²) in [5.41, 5.74) is 2.01. The Morgan fingerprint density at radius 1 is 1.18 bits per heavy atom. The van der Waals surface area contributed by atoms with E-state index in [9.17, 15) is 14.7 Å². The molecule has 1 aromatic carbocycles. The number of nitrogens with one attached hydrogen (secondary N) is 1. The van der Waals surface area contributed by atoms with Crippen LogP contribution in [0.5, 0.6) is 0 Å². The van der Waals surface area contributed by atoms with Crippen LogP contribution in [0.3, 0.4) is 0 Å². The normalized spacial score (nSPS) is 20.7. The Balaban J connectivity index is 2.47. The molecular weight excluding hydrogens is 448 g/mol. The number of carboxylic acid groups (broad SMARTS) is 1. The number of aryl methyl sites for hydroxylation is 1. The zero-order valence-electron chi connectivity index (χ0n) is 22.2. The third-order valence-electron chi connectivity index (χ3n) is 7.06. The van der Waals surface area contributed by atoms with E-state index < -0.39 is 17.0 Å². The Kier molecular flexibility index (Phi) is 8.90. The third-order valence-corrected chi connectivity index (χ3v) is 7.41. The largest absolute Gasteiger partial charge is 0.550 e. The molecule has 0 aliphatic carbocycles. The SMILES string of the molecule is CCCC(C)(CCC(=O)[O-])N1C=C(C(C)C)[C@](C)(c2ccc(CCC(C)(C)C)c(Cl)c2)NC1=O. The summed E-state index contributed by atoms with van der Waals surface area (Å²) in [5.74, 6) is -0.946. The Bertz CT molecular complexity index is 934. The predicted octanol–water partition coefficient (Wildman–Crippen LogP) is 6.19. The summed E-state index contributed by atoms with van der Waals surface area (Å²) in [4.78, 5) is 26.3. The van der Waals surface area contributed by atoms with Crippen molar-refractivity contribution in [3.05, 3.63) is 46.1 Å². The van der Waals surface area contributed by atoms with Crippen molar-refractivity contribution in [2.75, 3.05) is 0 Å². The van der Waals surface area contributed by atoms with Gasteiger partial charge < -0.3 is 15.2 Å². The number of rotatable bonds is 10. The Morgan fingerprint density at radius 3 is 2.32 bits per heavy atom. The quantitative estimate of drug-likeness (QED) is 0.426. The van der Waals surface area contributed by atoms with Crippen LogP contribution in [-0.2, 0) is 16.8 Å². The smallest absolute Gasteiger partial charge is 0.322 e. The fourth-order valence-electron chi connectivity index (χ4n) is 4.89. The minimum absolute atomic E-state index is 0.0893. The molecule has 0 saturated heterocycles. The second-order valence-corrected chi connectivity index (χ2v) is 12.1. The van der Waals surface area contributed by atoms with Gasteiger partial charge in [-0.1, -0.05) is 71.7 Å². The highest BCUT2D eigenvalue weighted by Gasteiger charge is 2.44. The summed E-state index contributed by atoms with van der Waals surface area (Å²) < 4.78 is 0. The van der Waals surface area contributed by atoms with Crippen molar-refractivity contribution in [3.8, 4) is 0 Å². The molecule has 1 N–H and O–H groups in total. The van der Waals surface area contributed by atoms with Crippen LogP contribution in [-0.4, -0.2) is 22.4 Å². The van der Waals surface area contributed by atoms with Gasteiger partial charge in [0.15, 0.2) is 0 Å². The number of carbonyl (C=O) groups is 2. The van der Waals surface area contributed by atoms with Gasteiger partial charge >= 0.3 is 6.03 Å². The lowest BCUT2D eigenvalue weighted by molar-refractivity contribution is -0.306. The molecular formula is C28H42ClN2O3-. The maximum Gasteiger partial charge on any atom is 0.322 e. The molecule has 0 radical (unpaired) electrons. The average molecular weight is 490 g/mol.